The number of benzene rings is 1. The standard InChI is InChI=1S/C22H33N3O3/c1-16-8-10-24(11-9-16)20(18-6-4-3-5-7-18)13-23-22(28)25-14-17(2)12-19(15-25)21(26)27/h3-7,16-17,19-20H,8-15H2,1-2H3,(H,23,28)(H,26,27). The van der Waals surface area contributed by atoms with Crippen molar-refractivity contribution in [3.05, 3.63) is 35.9 Å². The van der Waals surface area contributed by atoms with Crippen LogP contribution in [0.15, 0.2) is 30.3 Å². The van der Waals surface area contributed by atoms with Crippen LogP contribution >= 0.6 is 0 Å². The van der Waals surface area contributed by atoms with Crippen LogP contribution in [0.2, 0.25) is 0 Å². The van der Waals surface area contributed by atoms with E-state index in [0.717, 1.165) is 19.0 Å². The summed E-state index contributed by atoms with van der Waals surface area (Å²) in [7, 11) is 0. The van der Waals surface area contributed by atoms with Crippen LogP contribution in [0.25, 0.3) is 0 Å². The van der Waals surface area contributed by atoms with Crippen LogP contribution in [-0.2, 0) is 4.79 Å². The van der Waals surface area contributed by atoms with E-state index in [0.29, 0.717) is 26.1 Å². The number of nitrogens with zero attached hydrogens (tertiary/aromatic N) is 2. The molecule has 2 aliphatic rings. The SMILES string of the molecule is CC1CCN(C(CNC(=O)N2CC(C)CC(C(=O)O)C2)c2ccccc2)CC1. The Labute approximate surface area is 167 Å². The quantitative estimate of drug-likeness (QED) is 0.814. The van der Waals surface area contributed by atoms with Gasteiger partial charge in [0.15, 0.2) is 0 Å². The number of hydrogen-bond donors (Lipinski definition) is 2. The highest BCUT2D eigenvalue weighted by atomic mass is 16.4. The van der Waals surface area contributed by atoms with Crippen LogP contribution in [0, 0.1) is 17.8 Å². The number of nitrogens with one attached hydrogen (secondary N) is 1. The Bertz CT molecular complexity index is 658. The molecule has 0 saturated carbocycles. The average molecular weight is 388 g/mol. The van der Waals surface area contributed by atoms with E-state index in [9.17, 15) is 14.7 Å². The smallest absolute Gasteiger partial charge is 0.317 e. The second kappa shape index (κ2) is 9.41. The maximum absolute atomic E-state index is 12.8. The second-order valence-electron chi connectivity index (χ2n) is 8.61. The van der Waals surface area contributed by atoms with Crippen molar-refractivity contribution in [1.29, 1.82) is 0 Å². The summed E-state index contributed by atoms with van der Waals surface area (Å²) in [5.41, 5.74) is 1.22. The van der Waals surface area contributed by atoms with E-state index in [-0.39, 0.29) is 18.0 Å². The van der Waals surface area contributed by atoms with Crippen molar-refractivity contribution in [2.24, 2.45) is 17.8 Å². The molecule has 2 N–H and O–H groups in total. The van der Waals surface area contributed by atoms with E-state index in [1.54, 1.807) is 4.90 Å². The number of carbonyl (C=O) groups excluding carboxylic acids is 1. The molecule has 6 nitrogen and oxygen atoms in total. The highest BCUT2D eigenvalue weighted by Gasteiger charge is 2.32. The lowest BCUT2D eigenvalue weighted by atomic mass is 9.91. The van der Waals surface area contributed by atoms with Crippen molar-refractivity contribution >= 4 is 12.0 Å². The fraction of sp³-hybridized carbons (Fsp3) is 0.636. The van der Waals surface area contributed by atoms with Crippen molar-refractivity contribution < 1.29 is 14.7 Å². The third kappa shape index (κ3) is 5.25. The monoisotopic (exact) mass is 387 g/mol. The predicted molar refractivity (Wildman–Crippen MR) is 109 cm³/mol. The van der Waals surface area contributed by atoms with Crippen molar-refractivity contribution in [3.63, 3.8) is 0 Å². The lowest BCUT2D eigenvalue weighted by molar-refractivity contribution is -0.143. The number of hydrogen-bond acceptors (Lipinski definition) is 3. The van der Waals surface area contributed by atoms with Crippen LogP contribution in [0.4, 0.5) is 4.79 Å². The first kappa shape index (κ1) is 20.6. The number of carbonyl (C=O) groups is 2. The molecule has 2 saturated heterocycles. The second-order valence-corrected chi connectivity index (χ2v) is 8.61. The maximum Gasteiger partial charge on any atom is 0.317 e. The lowest BCUT2D eigenvalue weighted by Crippen LogP contribution is -2.51. The average Bonchev–Trinajstić information content (AvgIpc) is 2.69. The van der Waals surface area contributed by atoms with Crippen LogP contribution in [0.5, 0.6) is 0 Å². The van der Waals surface area contributed by atoms with Gasteiger partial charge in [-0.2, -0.15) is 0 Å². The lowest BCUT2D eigenvalue weighted by Gasteiger charge is -2.38. The first-order valence-corrected chi connectivity index (χ1v) is 10.5. The molecule has 3 unspecified atom stereocenters. The van der Waals surface area contributed by atoms with Gasteiger partial charge in [-0.25, -0.2) is 4.79 Å². The van der Waals surface area contributed by atoms with Gasteiger partial charge < -0.3 is 15.3 Å². The van der Waals surface area contributed by atoms with Gasteiger partial charge in [0, 0.05) is 19.6 Å². The maximum atomic E-state index is 12.8. The van der Waals surface area contributed by atoms with Crippen LogP contribution in [0.1, 0.15) is 44.7 Å². The highest BCUT2D eigenvalue weighted by Crippen LogP contribution is 2.27. The minimum atomic E-state index is -0.811. The van der Waals surface area contributed by atoms with Crippen molar-refractivity contribution in [2.75, 3.05) is 32.7 Å². The molecule has 28 heavy (non-hydrogen) atoms. The molecule has 2 fully saturated rings. The van der Waals surface area contributed by atoms with Gasteiger partial charge in [-0.15, -0.1) is 0 Å². The molecule has 6 heteroatoms. The molecule has 1 aromatic carbocycles. The van der Waals surface area contributed by atoms with Crippen molar-refractivity contribution in [2.45, 2.75) is 39.2 Å². The number of carboxylic acids is 1. The molecule has 0 radical (unpaired) electrons. The third-order valence-electron chi connectivity index (χ3n) is 6.19. The van der Waals surface area contributed by atoms with Crippen LogP contribution in [-0.4, -0.2) is 59.6 Å². The van der Waals surface area contributed by atoms with E-state index in [4.69, 9.17) is 0 Å². The zero-order valence-corrected chi connectivity index (χ0v) is 17.0. The minimum absolute atomic E-state index is 0.148. The Morgan fingerprint density at radius 1 is 1.11 bits per heavy atom. The van der Waals surface area contributed by atoms with E-state index in [1.807, 2.05) is 25.1 Å². The van der Waals surface area contributed by atoms with Crippen LogP contribution < -0.4 is 5.32 Å². The predicted octanol–water partition coefficient (Wildman–Crippen LogP) is 3.21. The summed E-state index contributed by atoms with van der Waals surface area (Å²) < 4.78 is 0. The van der Waals surface area contributed by atoms with Gasteiger partial charge in [0.05, 0.1) is 12.0 Å². The van der Waals surface area contributed by atoms with Gasteiger partial charge in [-0.1, -0.05) is 44.2 Å². The molecular weight excluding hydrogens is 354 g/mol. The molecule has 154 valence electrons. The summed E-state index contributed by atoms with van der Waals surface area (Å²) in [5, 5.41) is 12.4. The topological polar surface area (TPSA) is 72.9 Å². The van der Waals surface area contributed by atoms with Gasteiger partial charge in [-0.05, 0) is 49.8 Å². The zero-order valence-electron chi connectivity index (χ0n) is 17.0. The minimum Gasteiger partial charge on any atom is -0.481 e. The summed E-state index contributed by atoms with van der Waals surface area (Å²) in [4.78, 5) is 28.3. The number of likely N-dealkylation sites (tertiary alicyclic amines) is 2. The fourth-order valence-corrected chi connectivity index (χ4v) is 4.47. The first-order chi connectivity index (χ1) is 13.4. The number of amides is 2. The molecule has 2 aliphatic heterocycles. The molecule has 2 heterocycles. The number of urea groups is 1. The fourth-order valence-electron chi connectivity index (χ4n) is 4.47. The summed E-state index contributed by atoms with van der Waals surface area (Å²) >= 11 is 0. The zero-order chi connectivity index (χ0) is 20.1. The van der Waals surface area contributed by atoms with E-state index in [1.165, 1.54) is 18.4 Å². The van der Waals surface area contributed by atoms with Gasteiger partial charge in [0.1, 0.15) is 0 Å². The van der Waals surface area contributed by atoms with E-state index in [2.05, 4.69) is 29.3 Å². The molecule has 1 aromatic rings. The molecule has 0 aliphatic carbocycles. The highest BCUT2D eigenvalue weighted by molar-refractivity contribution is 5.76. The largest absolute Gasteiger partial charge is 0.481 e. The summed E-state index contributed by atoms with van der Waals surface area (Å²) in [6, 6.07) is 10.3. The normalized spacial score (nSPS) is 25.3. The molecule has 3 atom stereocenters. The number of aliphatic carboxylic acids is 1. The first-order valence-electron chi connectivity index (χ1n) is 10.5. The number of piperidine rings is 2. The Balaban J connectivity index is 1.64. The Kier molecular flexibility index (Phi) is 6.94. The van der Waals surface area contributed by atoms with E-state index < -0.39 is 11.9 Å². The molecule has 2 amide bonds. The van der Waals surface area contributed by atoms with Gasteiger partial charge in [0.25, 0.3) is 0 Å². The molecule has 3 rings (SSSR count). The van der Waals surface area contributed by atoms with Crippen molar-refractivity contribution in [3.8, 4) is 0 Å². The Morgan fingerprint density at radius 2 is 1.79 bits per heavy atom. The summed E-state index contributed by atoms with van der Waals surface area (Å²) in [5.74, 6) is -0.323. The Hall–Kier alpha value is -2.08. The van der Waals surface area contributed by atoms with Crippen LogP contribution in [0.3, 0.4) is 0 Å². The third-order valence-corrected chi connectivity index (χ3v) is 6.19. The van der Waals surface area contributed by atoms with Gasteiger partial charge >= 0.3 is 12.0 Å². The summed E-state index contributed by atoms with van der Waals surface area (Å²) in [6.07, 6.45) is 3.00. The molecular formula is C22H33N3O3. The number of rotatable bonds is 5. The van der Waals surface area contributed by atoms with Gasteiger partial charge in [-0.3, -0.25) is 9.69 Å². The van der Waals surface area contributed by atoms with E-state index >= 15 is 0 Å². The Morgan fingerprint density at radius 3 is 2.43 bits per heavy atom. The van der Waals surface area contributed by atoms with Gasteiger partial charge in [0.2, 0.25) is 0 Å². The van der Waals surface area contributed by atoms with Crippen molar-refractivity contribution in [1.82, 2.24) is 15.1 Å². The molecule has 0 aromatic heterocycles. The summed E-state index contributed by atoms with van der Waals surface area (Å²) in [6.45, 7) is 7.84. The number of carboxylic acid groups (broad SMARTS) is 1. The molecule has 0 spiro atoms. The molecule has 0 bridgehead atoms.